The fourth-order valence-electron chi connectivity index (χ4n) is 2.31. The minimum Gasteiger partial charge on any atom is -0.477 e. The highest BCUT2D eigenvalue weighted by Crippen LogP contribution is 2.39. The van der Waals surface area contributed by atoms with Gasteiger partial charge in [-0.15, -0.1) is 0 Å². The van der Waals surface area contributed by atoms with E-state index in [0.29, 0.717) is 0 Å². The third kappa shape index (κ3) is 2.86. The highest BCUT2D eigenvalue weighted by atomic mass is 19.4. The number of pyridine rings is 1. The first-order valence-electron chi connectivity index (χ1n) is 6.30. The van der Waals surface area contributed by atoms with Gasteiger partial charge in [0.05, 0.1) is 5.56 Å². The van der Waals surface area contributed by atoms with E-state index in [1.807, 2.05) is 20.8 Å². The largest absolute Gasteiger partial charge is 0.477 e. The lowest BCUT2D eigenvalue weighted by molar-refractivity contribution is -0.137. The molecule has 2 aromatic heterocycles. The number of carboxylic acid groups (broad SMARTS) is 1. The summed E-state index contributed by atoms with van der Waals surface area (Å²) in [7, 11) is 0. The number of rotatable bonds is 2. The van der Waals surface area contributed by atoms with Crippen molar-refractivity contribution in [2.75, 3.05) is 0 Å². The number of fused-ring (bicyclic) bond motifs is 1. The van der Waals surface area contributed by atoms with Crippen LogP contribution in [0.2, 0.25) is 0 Å². The number of carboxylic acids is 1. The summed E-state index contributed by atoms with van der Waals surface area (Å²) in [5, 5.41) is 9.07. The average Bonchev–Trinajstić information content (AvgIpc) is 2.62. The Kier molecular flexibility index (Phi) is 3.47. The highest BCUT2D eigenvalue weighted by molar-refractivity contribution is 5.97. The summed E-state index contributed by atoms with van der Waals surface area (Å²) in [5.41, 5.74) is -2.25. The number of halogens is 3. The Balaban J connectivity index is 2.89. The van der Waals surface area contributed by atoms with Crippen LogP contribution in [0.25, 0.3) is 11.0 Å². The summed E-state index contributed by atoms with van der Waals surface area (Å²) in [6.07, 6.45) is -3.40. The summed E-state index contributed by atoms with van der Waals surface area (Å²) in [4.78, 5) is 15.3. The van der Waals surface area contributed by atoms with Crippen LogP contribution in [0.5, 0.6) is 0 Å². The minimum absolute atomic E-state index is 0.0390. The molecule has 0 saturated carbocycles. The number of hydrogen-bond acceptors (Lipinski definition) is 2. The Labute approximate surface area is 119 Å². The van der Waals surface area contributed by atoms with Gasteiger partial charge in [0.15, 0.2) is 0 Å². The quantitative estimate of drug-likeness (QED) is 0.917. The van der Waals surface area contributed by atoms with Gasteiger partial charge in [-0.2, -0.15) is 13.2 Å². The van der Waals surface area contributed by atoms with Gasteiger partial charge in [-0.05, 0) is 17.5 Å². The molecule has 7 heteroatoms. The fraction of sp³-hybridized carbons (Fsp3) is 0.429. The maximum Gasteiger partial charge on any atom is 0.419 e. The highest BCUT2D eigenvalue weighted by Gasteiger charge is 2.41. The minimum atomic E-state index is -4.75. The topological polar surface area (TPSA) is 55.1 Å². The van der Waals surface area contributed by atoms with Crippen molar-refractivity contribution in [3.05, 3.63) is 29.6 Å². The summed E-state index contributed by atoms with van der Waals surface area (Å²) in [5.74, 6) is -1.61. The predicted molar refractivity (Wildman–Crippen MR) is 71.1 cm³/mol. The zero-order valence-electron chi connectivity index (χ0n) is 11.8. The van der Waals surface area contributed by atoms with Gasteiger partial charge in [0.25, 0.3) is 0 Å². The van der Waals surface area contributed by atoms with Crippen molar-refractivity contribution in [2.45, 2.75) is 33.5 Å². The zero-order chi connectivity index (χ0) is 16.0. The molecule has 4 nitrogen and oxygen atoms in total. The summed E-state index contributed by atoms with van der Waals surface area (Å²) < 4.78 is 41.0. The molecule has 0 atom stereocenters. The molecular formula is C14H15F3N2O2. The number of carbonyl (C=O) groups is 1. The molecule has 0 spiro atoms. The molecule has 0 radical (unpaired) electrons. The summed E-state index contributed by atoms with van der Waals surface area (Å²) in [6, 6.07) is 2.61. The van der Waals surface area contributed by atoms with Crippen LogP contribution in [0, 0.1) is 5.41 Å². The van der Waals surface area contributed by atoms with Gasteiger partial charge >= 0.3 is 12.1 Å². The van der Waals surface area contributed by atoms with Crippen molar-refractivity contribution in [1.29, 1.82) is 0 Å². The van der Waals surface area contributed by atoms with E-state index in [9.17, 15) is 23.1 Å². The Morgan fingerprint density at radius 2 is 1.95 bits per heavy atom. The standard InChI is InChI=1S/C14H15F3N2O2/c1-13(2,3)7-19-10(12(20)21)9(14(15,16)17)8-5-4-6-18-11(8)19/h4-6H,7H2,1-3H3,(H,20,21). The lowest BCUT2D eigenvalue weighted by atomic mass is 9.97. The van der Waals surface area contributed by atoms with E-state index in [1.165, 1.54) is 18.3 Å². The van der Waals surface area contributed by atoms with E-state index in [4.69, 9.17) is 0 Å². The van der Waals surface area contributed by atoms with Gasteiger partial charge in [0.2, 0.25) is 0 Å². The molecule has 2 heterocycles. The maximum absolute atomic E-state index is 13.3. The smallest absolute Gasteiger partial charge is 0.419 e. The van der Waals surface area contributed by atoms with E-state index in [0.717, 1.165) is 4.57 Å². The molecule has 0 aliphatic heterocycles. The monoisotopic (exact) mass is 300 g/mol. The molecule has 0 aromatic carbocycles. The molecule has 0 aliphatic carbocycles. The van der Waals surface area contributed by atoms with Gasteiger partial charge in [0, 0.05) is 18.1 Å². The van der Waals surface area contributed by atoms with Gasteiger partial charge in [0.1, 0.15) is 11.3 Å². The number of aromatic nitrogens is 2. The van der Waals surface area contributed by atoms with Gasteiger partial charge in [-0.1, -0.05) is 20.8 Å². The van der Waals surface area contributed by atoms with Crippen LogP contribution in [0.4, 0.5) is 13.2 Å². The molecule has 2 aromatic rings. The maximum atomic E-state index is 13.3. The van der Waals surface area contributed by atoms with Crippen molar-refractivity contribution in [3.63, 3.8) is 0 Å². The zero-order valence-corrected chi connectivity index (χ0v) is 11.8. The van der Waals surface area contributed by atoms with Crippen molar-refractivity contribution in [1.82, 2.24) is 9.55 Å². The van der Waals surface area contributed by atoms with Crippen LogP contribution < -0.4 is 0 Å². The Morgan fingerprint density at radius 1 is 1.33 bits per heavy atom. The molecule has 0 aliphatic rings. The second kappa shape index (κ2) is 4.75. The lowest BCUT2D eigenvalue weighted by Gasteiger charge is -2.21. The van der Waals surface area contributed by atoms with E-state index >= 15 is 0 Å². The lowest BCUT2D eigenvalue weighted by Crippen LogP contribution is -2.21. The number of hydrogen-bond donors (Lipinski definition) is 1. The molecular weight excluding hydrogens is 285 g/mol. The van der Waals surface area contributed by atoms with Gasteiger partial charge in [-0.3, -0.25) is 0 Å². The van der Waals surface area contributed by atoms with Gasteiger partial charge < -0.3 is 9.67 Å². The molecule has 0 amide bonds. The number of aromatic carboxylic acids is 1. The Hall–Kier alpha value is -2.05. The van der Waals surface area contributed by atoms with E-state index in [2.05, 4.69) is 4.98 Å². The van der Waals surface area contributed by atoms with E-state index in [1.54, 1.807) is 0 Å². The molecule has 1 N–H and O–H groups in total. The van der Waals surface area contributed by atoms with Crippen LogP contribution >= 0.6 is 0 Å². The molecule has 0 bridgehead atoms. The molecule has 2 rings (SSSR count). The van der Waals surface area contributed by atoms with Crippen molar-refractivity contribution in [3.8, 4) is 0 Å². The molecule has 114 valence electrons. The first-order chi connectivity index (χ1) is 9.52. The van der Waals surface area contributed by atoms with Crippen LogP contribution in [-0.2, 0) is 12.7 Å². The summed E-state index contributed by atoms with van der Waals surface area (Å²) in [6.45, 7) is 5.58. The Bertz CT molecular complexity index is 697. The average molecular weight is 300 g/mol. The van der Waals surface area contributed by atoms with Crippen LogP contribution in [0.1, 0.15) is 36.8 Å². The predicted octanol–water partition coefficient (Wildman–Crippen LogP) is 3.80. The van der Waals surface area contributed by atoms with Crippen molar-refractivity contribution >= 4 is 17.0 Å². The molecule has 0 saturated heterocycles. The first kappa shape index (κ1) is 15.3. The number of alkyl halides is 3. The molecule has 0 unspecified atom stereocenters. The van der Waals surface area contributed by atoms with Crippen molar-refractivity contribution < 1.29 is 23.1 Å². The third-order valence-corrected chi connectivity index (χ3v) is 2.94. The van der Waals surface area contributed by atoms with E-state index in [-0.39, 0.29) is 17.6 Å². The molecule has 0 fully saturated rings. The normalized spacial score (nSPS) is 12.9. The van der Waals surface area contributed by atoms with Crippen molar-refractivity contribution in [2.24, 2.45) is 5.41 Å². The fourth-order valence-corrected chi connectivity index (χ4v) is 2.31. The van der Waals surface area contributed by atoms with Crippen LogP contribution in [0.3, 0.4) is 0 Å². The second-order valence-corrected chi connectivity index (χ2v) is 6.05. The van der Waals surface area contributed by atoms with Crippen LogP contribution in [0.15, 0.2) is 18.3 Å². The summed E-state index contributed by atoms with van der Waals surface area (Å²) >= 11 is 0. The first-order valence-corrected chi connectivity index (χ1v) is 6.30. The third-order valence-electron chi connectivity index (χ3n) is 2.94. The van der Waals surface area contributed by atoms with E-state index < -0.39 is 28.8 Å². The van der Waals surface area contributed by atoms with Gasteiger partial charge in [-0.25, -0.2) is 9.78 Å². The number of nitrogens with zero attached hydrogens (tertiary/aromatic N) is 2. The Morgan fingerprint density at radius 3 is 2.43 bits per heavy atom. The molecule has 21 heavy (non-hydrogen) atoms. The van der Waals surface area contributed by atoms with Crippen LogP contribution in [-0.4, -0.2) is 20.6 Å². The second-order valence-electron chi connectivity index (χ2n) is 6.05. The SMILES string of the molecule is CC(C)(C)Cn1c(C(=O)O)c(C(F)(F)F)c2cccnc21.